The largest absolute Gasteiger partial charge is 0.304 e. The molecule has 0 bridgehead atoms. The van der Waals surface area contributed by atoms with E-state index >= 15 is 0 Å². The Kier molecular flexibility index (Phi) is 4.67. The van der Waals surface area contributed by atoms with E-state index in [0.717, 1.165) is 16.0 Å². The topological polar surface area (TPSA) is 12.0 Å². The lowest BCUT2D eigenvalue weighted by atomic mass is 9.94. The SMILES string of the molecule is CC(C)(NCc1cccc(Cl)c1)c1ccc(Br)cc1. The summed E-state index contributed by atoms with van der Waals surface area (Å²) in [4.78, 5) is 0. The van der Waals surface area contributed by atoms with Crippen LogP contribution in [0, 0.1) is 0 Å². The van der Waals surface area contributed by atoms with Crippen molar-refractivity contribution >= 4 is 27.5 Å². The minimum Gasteiger partial charge on any atom is -0.304 e. The van der Waals surface area contributed by atoms with Crippen LogP contribution in [0.15, 0.2) is 53.0 Å². The van der Waals surface area contributed by atoms with Crippen LogP contribution in [0.4, 0.5) is 0 Å². The number of hydrogen-bond acceptors (Lipinski definition) is 1. The molecule has 2 aromatic rings. The molecule has 0 radical (unpaired) electrons. The highest BCUT2D eigenvalue weighted by Gasteiger charge is 2.19. The molecule has 0 aromatic heterocycles. The van der Waals surface area contributed by atoms with Crippen LogP contribution in [-0.4, -0.2) is 0 Å². The first-order valence-corrected chi connectivity index (χ1v) is 7.40. The van der Waals surface area contributed by atoms with Gasteiger partial charge in [-0.1, -0.05) is 51.8 Å². The van der Waals surface area contributed by atoms with Crippen molar-refractivity contribution in [1.82, 2.24) is 5.32 Å². The third-order valence-corrected chi connectivity index (χ3v) is 3.95. The van der Waals surface area contributed by atoms with Crippen molar-refractivity contribution in [1.29, 1.82) is 0 Å². The Morgan fingerprint density at radius 1 is 1.11 bits per heavy atom. The Labute approximate surface area is 128 Å². The van der Waals surface area contributed by atoms with Gasteiger partial charge in [-0.05, 0) is 49.2 Å². The molecule has 0 fully saturated rings. The first-order valence-electron chi connectivity index (χ1n) is 6.23. The number of halogens is 2. The molecule has 0 heterocycles. The first-order chi connectivity index (χ1) is 8.97. The van der Waals surface area contributed by atoms with Gasteiger partial charge in [-0.25, -0.2) is 0 Å². The normalized spacial score (nSPS) is 11.6. The van der Waals surface area contributed by atoms with Gasteiger partial charge < -0.3 is 5.32 Å². The quantitative estimate of drug-likeness (QED) is 0.815. The van der Waals surface area contributed by atoms with E-state index in [1.54, 1.807) is 0 Å². The van der Waals surface area contributed by atoms with E-state index in [2.05, 4.69) is 65.4 Å². The van der Waals surface area contributed by atoms with Crippen LogP contribution in [0.25, 0.3) is 0 Å². The summed E-state index contributed by atoms with van der Waals surface area (Å²) in [7, 11) is 0. The van der Waals surface area contributed by atoms with Crippen LogP contribution in [-0.2, 0) is 12.1 Å². The molecule has 0 saturated heterocycles. The van der Waals surface area contributed by atoms with Crippen LogP contribution in [0.1, 0.15) is 25.0 Å². The van der Waals surface area contributed by atoms with Crippen LogP contribution in [0.3, 0.4) is 0 Å². The molecule has 0 aliphatic heterocycles. The van der Waals surface area contributed by atoms with Crippen molar-refractivity contribution in [2.75, 3.05) is 0 Å². The Morgan fingerprint density at radius 3 is 2.42 bits per heavy atom. The fourth-order valence-corrected chi connectivity index (χ4v) is 2.42. The van der Waals surface area contributed by atoms with Crippen LogP contribution >= 0.6 is 27.5 Å². The monoisotopic (exact) mass is 337 g/mol. The van der Waals surface area contributed by atoms with Crippen molar-refractivity contribution in [2.45, 2.75) is 25.9 Å². The fraction of sp³-hybridized carbons (Fsp3) is 0.250. The molecule has 2 aromatic carbocycles. The molecular formula is C16H17BrClN. The van der Waals surface area contributed by atoms with Gasteiger partial charge in [-0.3, -0.25) is 0 Å². The number of hydrogen-bond donors (Lipinski definition) is 1. The summed E-state index contributed by atoms with van der Waals surface area (Å²) < 4.78 is 1.10. The van der Waals surface area contributed by atoms with Crippen molar-refractivity contribution < 1.29 is 0 Å². The second-order valence-corrected chi connectivity index (χ2v) is 6.47. The van der Waals surface area contributed by atoms with Gasteiger partial charge in [0.1, 0.15) is 0 Å². The van der Waals surface area contributed by atoms with Crippen molar-refractivity contribution in [3.05, 3.63) is 69.2 Å². The summed E-state index contributed by atoms with van der Waals surface area (Å²) in [5, 5.41) is 4.34. The summed E-state index contributed by atoms with van der Waals surface area (Å²) in [6, 6.07) is 16.3. The van der Waals surface area contributed by atoms with Gasteiger partial charge in [0.25, 0.3) is 0 Å². The van der Waals surface area contributed by atoms with Crippen molar-refractivity contribution in [2.24, 2.45) is 0 Å². The number of rotatable bonds is 4. The molecule has 19 heavy (non-hydrogen) atoms. The van der Waals surface area contributed by atoms with Gasteiger partial charge >= 0.3 is 0 Å². The van der Waals surface area contributed by atoms with E-state index in [9.17, 15) is 0 Å². The molecule has 0 unspecified atom stereocenters. The van der Waals surface area contributed by atoms with Crippen LogP contribution in [0.2, 0.25) is 5.02 Å². The fourth-order valence-electron chi connectivity index (χ4n) is 1.94. The smallest absolute Gasteiger partial charge is 0.0409 e. The molecule has 0 spiro atoms. The molecule has 0 atom stereocenters. The summed E-state index contributed by atoms with van der Waals surface area (Å²) in [6.45, 7) is 5.16. The van der Waals surface area contributed by atoms with Crippen molar-refractivity contribution in [3.63, 3.8) is 0 Å². The summed E-state index contributed by atoms with van der Waals surface area (Å²) in [5.41, 5.74) is 2.37. The zero-order valence-corrected chi connectivity index (χ0v) is 13.4. The van der Waals surface area contributed by atoms with Crippen LogP contribution in [0.5, 0.6) is 0 Å². The minimum atomic E-state index is -0.0803. The van der Waals surface area contributed by atoms with Gasteiger partial charge in [-0.2, -0.15) is 0 Å². The highest BCUT2D eigenvalue weighted by Crippen LogP contribution is 2.23. The second-order valence-electron chi connectivity index (χ2n) is 5.12. The standard InChI is InChI=1S/C16H17BrClN/c1-16(2,13-6-8-14(17)9-7-13)19-11-12-4-3-5-15(18)10-12/h3-10,19H,11H2,1-2H3. The van der Waals surface area contributed by atoms with Crippen molar-refractivity contribution in [3.8, 4) is 0 Å². The molecular weight excluding hydrogens is 322 g/mol. The van der Waals surface area contributed by atoms with Gasteiger partial charge in [0.15, 0.2) is 0 Å². The molecule has 0 aliphatic carbocycles. The molecule has 1 nitrogen and oxygen atoms in total. The van der Waals surface area contributed by atoms with Gasteiger partial charge in [0, 0.05) is 21.6 Å². The summed E-state index contributed by atoms with van der Waals surface area (Å²) >= 11 is 9.46. The van der Waals surface area contributed by atoms with Gasteiger partial charge in [0.2, 0.25) is 0 Å². The summed E-state index contributed by atoms with van der Waals surface area (Å²) in [6.07, 6.45) is 0. The Hall–Kier alpha value is -0.830. The van der Waals surface area contributed by atoms with E-state index in [1.807, 2.05) is 18.2 Å². The summed E-state index contributed by atoms with van der Waals surface area (Å²) in [5.74, 6) is 0. The predicted molar refractivity (Wildman–Crippen MR) is 85.5 cm³/mol. The molecule has 0 amide bonds. The van der Waals surface area contributed by atoms with E-state index in [4.69, 9.17) is 11.6 Å². The predicted octanol–water partition coefficient (Wildman–Crippen LogP) is 5.13. The second kappa shape index (κ2) is 6.08. The molecule has 0 aliphatic rings. The lowest BCUT2D eigenvalue weighted by Gasteiger charge is -2.27. The lowest BCUT2D eigenvalue weighted by Crippen LogP contribution is -2.35. The average molecular weight is 339 g/mol. The Bertz CT molecular complexity index is 549. The molecule has 100 valence electrons. The maximum absolute atomic E-state index is 6.00. The molecule has 0 saturated carbocycles. The zero-order valence-electron chi connectivity index (χ0n) is 11.1. The number of nitrogens with one attached hydrogen (secondary N) is 1. The average Bonchev–Trinajstić information content (AvgIpc) is 2.37. The van der Waals surface area contributed by atoms with E-state index in [1.165, 1.54) is 11.1 Å². The van der Waals surface area contributed by atoms with E-state index in [0.29, 0.717) is 0 Å². The lowest BCUT2D eigenvalue weighted by molar-refractivity contribution is 0.401. The van der Waals surface area contributed by atoms with E-state index in [-0.39, 0.29) is 5.54 Å². The molecule has 3 heteroatoms. The van der Waals surface area contributed by atoms with E-state index < -0.39 is 0 Å². The Morgan fingerprint density at radius 2 is 1.79 bits per heavy atom. The third-order valence-electron chi connectivity index (χ3n) is 3.19. The zero-order chi connectivity index (χ0) is 13.9. The maximum atomic E-state index is 6.00. The Balaban J connectivity index is 2.07. The maximum Gasteiger partial charge on any atom is 0.0409 e. The number of benzene rings is 2. The van der Waals surface area contributed by atoms with Crippen LogP contribution < -0.4 is 5.32 Å². The minimum absolute atomic E-state index is 0.0803. The first kappa shape index (κ1) is 14.6. The highest BCUT2D eigenvalue weighted by molar-refractivity contribution is 9.10. The van der Waals surface area contributed by atoms with Gasteiger partial charge in [-0.15, -0.1) is 0 Å². The molecule has 1 N–H and O–H groups in total. The highest BCUT2D eigenvalue weighted by atomic mass is 79.9. The molecule has 2 rings (SSSR count). The van der Waals surface area contributed by atoms with Gasteiger partial charge in [0.05, 0.1) is 0 Å². The third kappa shape index (κ3) is 4.07.